The van der Waals surface area contributed by atoms with E-state index in [1.54, 1.807) is 0 Å². The van der Waals surface area contributed by atoms with E-state index in [0.29, 0.717) is 0 Å². The molecule has 58 valence electrons. The molecular weight excluding hydrogens is 124 g/mol. The number of quaternary nitrogens is 1. The molecule has 1 saturated heterocycles. The van der Waals surface area contributed by atoms with E-state index in [0.717, 1.165) is 0 Å². The Morgan fingerprint density at radius 3 is 1.60 bits per heavy atom. The predicted octanol–water partition coefficient (Wildman–Crippen LogP) is 1.34. The zero-order chi connectivity index (χ0) is 8.04. The minimum absolute atomic E-state index is 1.25. The first-order valence-corrected chi connectivity index (χ1v) is 3.75. The molecule has 0 atom stereocenters. The number of nitrogens with zero attached hydrogens (tertiary/aromatic N) is 2. The molecule has 0 aromatic carbocycles. The summed E-state index contributed by atoms with van der Waals surface area (Å²) in [5.41, 5.74) is 0. The number of hydrogen-bond donors (Lipinski definition) is 0. The largest absolute Gasteiger partial charge is 0.512 e. The van der Waals surface area contributed by atoms with Gasteiger partial charge < -0.3 is 16.3 Å². The fraction of sp³-hybridized carbons (Fsp3) is 0.875. The molecular formula is C8H16N2. The van der Waals surface area contributed by atoms with E-state index >= 15 is 0 Å². The van der Waals surface area contributed by atoms with Crippen LogP contribution in [0.5, 0.6) is 0 Å². The third kappa shape index (κ3) is 3.47. The van der Waals surface area contributed by atoms with Gasteiger partial charge in [0.25, 0.3) is 0 Å². The standard InChI is InChI=1S/C7H16N.CN/c1-8(2)6-4-3-5-7-8;1-2/h3-7H2,1-2H3;/q+1;-1. The maximum atomic E-state index is 6.25. The molecule has 0 N–H and O–H groups in total. The van der Waals surface area contributed by atoms with Crippen molar-refractivity contribution in [3.05, 3.63) is 6.57 Å². The van der Waals surface area contributed by atoms with Crippen LogP contribution in [-0.2, 0) is 0 Å². The molecule has 1 fully saturated rings. The Morgan fingerprint density at radius 1 is 1.00 bits per heavy atom. The van der Waals surface area contributed by atoms with Crippen LogP contribution in [0, 0.1) is 11.8 Å². The molecule has 0 spiro atoms. The van der Waals surface area contributed by atoms with Crippen molar-refractivity contribution in [2.24, 2.45) is 0 Å². The molecule has 0 aliphatic carbocycles. The number of hydrogen-bond acceptors (Lipinski definition) is 1. The molecule has 1 rings (SSSR count). The third-order valence-electron chi connectivity index (χ3n) is 2.03. The minimum Gasteiger partial charge on any atom is -0.512 e. The Morgan fingerprint density at radius 2 is 1.40 bits per heavy atom. The highest BCUT2D eigenvalue weighted by atomic mass is 15.3. The van der Waals surface area contributed by atoms with Gasteiger partial charge in [0.2, 0.25) is 0 Å². The molecule has 0 unspecified atom stereocenters. The second-order valence-electron chi connectivity index (χ2n) is 3.44. The third-order valence-corrected chi connectivity index (χ3v) is 2.03. The molecule has 0 aromatic heterocycles. The summed E-state index contributed by atoms with van der Waals surface area (Å²) in [4.78, 5) is 0. The van der Waals surface area contributed by atoms with Crippen molar-refractivity contribution in [1.29, 1.82) is 5.26 Å². The minimum atomic E-state index is 1.25. The van der Waals surface area contributed by atoms with Crippen LogP contribution in [0.2, 0.25) is 0 Å². The molecule has 0 radical (unpaired) electrons. The summed E-state index contributed by atoms with van der Waals surface area (Å²) in [6.07, 6.45) is 4.34. The first-order valence-electron chi connectivity index (χ1n) is 3.75. The molecule has 10 heavy (non-hydrogen) atoms. The lowest BCUT2D eigenvalue weighted by atomic mass is 10.1. The van der Waals surface area contributed by atoms with Crippen molar-refractivity contribution < 1.29 is 4.48 Å². The monoisotopic (exact) mass is 140 g/mol. The summed E-state index contributed by atoms with van der Waals surface area (Å²) < 4.78 is 1.25. The summed E-state index contributed by atoms with van der Waals surface area (Å²) in [6, 6.07) is 0. The number of piperidine rings is 1. The molecule has 2 nitrogen and oxygen atoms in total. The fourth-order valence-electron chi connectivity index (χ4n) is 1.37. The van der Waals surface area contributed by atoms with Crippen molar-refractivity contribution in [3.8, 4) is 0 Å². The second-order valence-corrected chi connectivity index (χ2v) is 3.44. The predicted molar refractivity (Wildman–Crippen MR) is 40.7 cm³/mol. The first-order chi connectivity index (χ1) is 4.71. The van der Waals surface area contributed by atoms with Crippen LogP contribution >= 0.6 is 0 Å². The lowest BCUT2D eigenvalue weighted by molar-refractivity contribution is -0.894. The van der Waals surface area contributed by atoms with Crippen LogP contribution in [0.1, 0.15) is 19.3 Å². The van der Waals surface area contributed by atoms with Gasteiger partial charge in [0.05, 0.1) is 27.2 Å². The van der Waals surface area contributed by atoms with Gasteiger partial charge in [-0.25, -0.2) is 0 Å². The van der Waals surface area contributed by atoms with Gasteiger partial charge >= 0.3 is 0 Å². The van der Waals surface area contributed by atoms with E-state index in [2.05, 4.69) is 14.1 Å². The molecule has 1 heterocycles. The molecule has 2 heteroatoms. The number of likely N-dealkylation sites (tertiary alicyclic amines) is 1. The summed E-state index contributed by atoms with van der Waals surface area (Å²) >= 11 is 0. The summed E-state index contributed by atoms with van der Waals surface area (Å²) in [6.45, 7) is 7.53. The Kier molecular flexibility index (Phi) is 4.06. The number of rotatable bonds is 0. The van der Waals surface area contributed by atoms with E-state index in [4.69, 9.17) is 11.8 Å². The lowest BCUT2D eigenvalue weighted by Gasteiger charge is -2.33. The van der Waals surface area contributed by atoms with Gasteiger partial charge in [0, 0.05) is 0 Å². The molecule has 1 aliphatic heterocycles. The first kappa shape index (κ1) is 9.45. The van der Waals surface area contributed by atoms with Crippen LogP contribution in [0.25, 0.3) is 0 Å². The quantitative estimate of drug-likeness (QED) is 0.368. The Bertz CT molecular complexity index is 97.1. The zero-order valence-electron chi connectivity index (χ0n) is 6.93. The van der Waals surface area contributed by atoms with E-state index in [-0.39, 0.29) is 0 Å². The normalized spacial score (nSPS) is 22.4. The van der Waals surface area contributed by atoms with E-state index in [1.807, 2.05) is 0 Å². The SMILES string of the molecule is C[N+]1(C)CCCCC1.[C-]#N. The van der Waals surface area contributed by atoms with Gasteiger partial charge in [-0.15, -0.1) is 0 Å². The summed E-state index contributed by atoms with van der Waals surface area (Å²) in [5.74, 6) is 0. The Labute approximate surface area is 63.7 Å². The summed E-state index contributed by atoms with van der Waals surface area (Å²) in [7, 11) is 4.64. The average Bonchev–Trinajstić information content (AvgIpc) is 1.92. The molecule has 0 aromatic rings. The van der Waals surface area contributed by atoms with Gasteiger partial charge in [-0.2, -0.15) is 0 Å². The van der Waals surface area contributed by atoms with Gasteiger partial charge in [0.15, 0.2) is 0 Å². The van der Waals surface area contributed by atoms with Crippen molar-refractivity contribution in [2.75, 3.05) is 27.2 Å². The second kappa shape index (κ2) is 4.29. The van der Waals surface area contributed by atoms with Crippen LogP contribution in [0.15, 0.2) is 0 Å². The molecule has 1 aliphatic rings. The molecule has 0 saturated carbocycles. The lowest BCUT2D eigenvalue weighted by Crippen LogP contribution is -2.43. The topological polar surface area (TPSA) is 23.8 Å². The van der Waals surface area contributed by atoms with Gasteiger partial charge in [-0.1, -0.05) is 0 Å². The van der Waals surface area contributed by atoms with Crippen LogP contribution in [0.3, 0.4) is 0 Å². The van der Waals surface area contributed by atoms with Crippen molar-refractivity contribution in [2.45, 2.75) is 19.3 Å². The van der Waals surface area contributed by atoms with Crippen molar-refractivity contribution in [1.82, 2.24) is 0 Å². The van der Waals surface area contributed by atoms with Crippen LogP contribution < -0.4 is 0 Å². The van der Waals surface area contributed by atoms with E-state index < -0.39 is 0 Å². The molecule has 0 bridgehead atoms. The fourth-order valence-corrected chi connectivity index (χ4v) is 1.37. The van der Waals surface area contributed by atoms with Crippen molar-refractivity contribution in [3.63, 3.8) is 0 Å². The highest BCUT2D eigenvalue weighted by Gasteiger charge is 2.17. The maximum absolute atomic E-state index is 6.25. The maximum Gasteiger partial charge on any atom is 0.0782 e. The van der Waals surface area contributed by atoms with Crippen LogP contribution in [0.4, 0.5) is 0 Å². The van der Waals surface area contributed by atoms with Gasteiger partial charge in [-0.05, 0) is 19.3 Å². The zero-order valence-corrected chi connectivity index (χ0v) is 6.93. The Balaban J connectivity index is 0.000000371. The highest BCUT2D eigenvalue weighted by molar-refractivity contribution is 4.47. The van der Waals surface area contributed by atoms with Gasteiger partial charge in [-0.3, -0.25) is 0 Å². The smallest absolute Gasteiger partial charge is 0.0782 e. The van der Waals surface area contributed by atoms with Crippen LogP contribution in [-0.4, -0.2) is 31.7 Å². The van der Waals surface area contributed by atoms with E-state index in [9.17, 15) is 0 Å². The van der Waals surface area contributed by atoms with E-state index in [1.165, 1.54) is 36.8 Å². The molecule has 0 amide bonds. The Hall–Kier alpha value is -0.550. The average molecular weight is 140 g/mol. The highest BCUT2D eigenvalue weighted by Crippen LogP contribution is 2.11. The van der Waals surface area contributed by atoms with Crippen molar-refractivity contribution >= 4 is 0 Å². The van der Waals surface area contributed by atoms with Gasteiger partial charge in [0.1, 0.15) is 0 Å². The summed E-state index contributed by atoms with van der Waals surface area (Å²) in [5, 5.41) is 6.25.